The molecule has 0 bridgehead atoms. The Morgan fingerprint density at radius 2 is 1.67 bits per heavy atom. The Balaban J connectivity index is 1.68. The van der Waals surface area contributed by atoms with Gasteiger partial charge in [-0.25, -0.2) is 0 Å². The standard InChI is InChI=1S/C19H26N2O3/c1-13-11-14(2)17(24-3)16(12-13)19(23)21-9-7-20(8-10-21)18(22)15-5-4-6-15/h11-12,15H,4-10H2,1-3H3. The normalized spacial score (nSPS) is 18.3. The molecule has 1 aliphatic carbocycles. The molecule has 0 spiro atoms. The summed E-state index contributed by atoms with van der Waals surface area (Å²) in [5.41, 5.74) is 2.64. The van der Waals surface area contributed by atoms with Crippen molar-refractivity contribution in [2.75, 3.05) is 33.3 Å². The molecule has 2 amide bonds. The van der Waals surface area contributed by atoms with Gasteiger partial charge in [0.2, 0.25) is 5.91 Å². The van der Waals surface area contributed by atoms with E-state index in [-0.39, 0.29) is 17.7 Å². The number of hydrogen-bond acceptors (Lipinski definition) is 3. The summed E-state index contributed by atoms with van der Waals surface area (Å²) in [6.45, 7) is 6.39. The summed E-state index contributed by atoms with van der Waals surface area (Å²) in [6, 6.07) is 3.91. The first-order valence-electron chi connectivity index (χ1n) is 8.74. The fraction of sp³-hybridized carbons (Fsp3) is 0.579. The van der Waals surface area contributed by atoms with Gasteiger partial charge in [-0.1, -0.05) is 12.5 Å². The van der Waals surface area contributed by atoms with Crippen molar-refractivity contribution >= 4 is 11.8 Å². The van der Waals surface area contributed by atoms with E-state index >= 15 is 0 Å². The van der Waals surface area contributed by atoms with Crippen molar-refractivity contribution in [1.29, 1.82) is 0 Å². The van der Waals surface area contributed by atoms with Gasteiger partial charge in [0.1, 0.15) is 5.75 Å². The Morgan fingerprint density at radius 1 is 1.04 bits per heavy atom. The first-order valence-corrected chi connectivity index (χ1v) is 8.74. The first-order chi connectivity index (χ1) is 11.5. The molecule has 1 saturated heterocycles. The molecule has 1 saturated carbocycles. The van der Waals surface area contributed by atoms with Crippen LogP contribution >= 0.6 is 0 Å². The van der Waals surface area contributed by atoms with Gasteiger partial charge in [0.25, 0.3) is 5.91 Å². The molecular formula is C19H26N2O3. The van der Waals surface area contributed by atoms with E-state index in [1.54, 1.807) is 7.11 Å². The second-order valence-corrected chi connectivity index (χ2v) is 6.91. The van der Waals surface area contributed by atoms with Crippen molar-refractivity contribution in [3.8, 4) is 5.75 Å². The number of ether oxygens (including phenoxy) is 1. The van der Waals surface area contributed by atoms with Crippen molar-refractivity contribution in [3.63, 3.8) is 0 Å². The SMILES string of the molecule is COc1c(C)cc(C)cc1C(=O)N1CCN(C(=O)C2CCC2)CC1. The lowest BCUT2D eigenvalue weighted by Crippen LogP contribution is -2.52. The largest absolute Gasteiger partial charge is 0.496 e. The van der Waals surface area contributed by atoms with E-state index in [0.717, 1.165) is 24.0 Å². The van der Waals surface area contributed by atoms with Crippen molar-refractivity contribution in [1.82, 2.24) is 9.80 Å². The molecule has 24 heavy (non-hydrogen) atoms. The summed E-state index contributed by atoms with van der Waals surface area (Å²) in [5, 5.41) is 0. The number of carbonyl (C=O) groups excluding carboxylic acids is 2. The Morgan fingerprint density at radius 3 is 2.21 bits per heavy atom. The van der Waals surface area contributed by atoms with Crippen molar-refractivity contribution < 1.29 is 14.3 Å². The second-order valence-electron chi connectivity index (χ2n) is 6.91. The lowest BCUT2D eigenvalue weighted by Gasteiger charge is -2.38. The topological polar surface area (TPSA) is 49.9 Å². The molecule has 0 aromatic heterocycles. The molecule has 2 fully saturated rings. The number of carbonyl (C=O) groups is 2. The van der Waals surface area contributed by atoms with Crippen LogP contribution in [0.5, 0.6) is 5.75 Å². The summed E-state index contributed by atoms with van der Waals surface area (Å²) >= 11 is 0. The van der Waals surface area contributed by atoms with Crippen LogP contribution in [0.15, 0.2) is 12.1 Å². The lowest BCUT2D eigenvalue weighted by molar-refractivity contribution is -0.139. The van der Waals surface area contributed by atoms with Crippen LogP contribution in [0.4, 0.5) is 0 Å². The predicted octanol–water partition coefficient (Wildman–Crippen LogP) is 2.40. The summed E-state index contributed by atoms with van der Waals surface area (Å²) in [4.78, 5) is 29.0. The smallest absolute Gasteiger partial charge is 0.257 e. The van der Waals surface area contributed by atoms with E-state index in [2.05, 4.69) is 0 Å². The van der Waals surface area contributed by atoms with E-state index in [9.17, 15) is 9.59 Å². The van der Waals surface area contributed by atoms with E-state index < -0.39 is 0 Å². The highest BCUT2D eigenvalue weighted by Crippen LogP contribution is 2.29. The van der Waals surface area contributed by atoms with Crippen LogP contribution < -0.4 is 4.74 Å². The fourth-order valence-corrected chi connectivity index (χ4v) is 3.60. The molecule has 0 radical (unpaired) electrons. The van der Waals surface area contributed by atoms with Gasteiger partial charge >= 0.3 is 0 Å². The highest BCUT2D eigenvalue weighted by Gasteiger charge is 2.32. The van der Waals surface area contributed by atoms with Gasteiger partial charge in [-0.2, -0.15) is 0 Å². The Labute approximate surface area is 143 Å². The monoisotopic (exact) mass is 330 g/mol. The van der Waals surface area contributed by atoms with Crippen molar-refractivity contribution in [2.45, 2.75) is 33.1 Å². The van der Waals surface area contributed by atoms with Gasteiger partial charge in [0, 0.05) is 32.1 Å². The zero-order valence-corrected chi connectivity index (χ0v) is 14.8. The van der Waals surface area contributed by atoms with Crippen LogP contribution in [0.2, 0.25) is 0 Å². The highest BCUT2D eigenvalue weighted by molar-refractivity contribution is 5.97. The van der Waals surface area contributed by atoms with Gasteiger partial charge < -0.3 is 14.5 Å². The van der Waals surface area contributed by atoms with Crippen LogP contribution in [0, 0.1) is 19.8 Å². The summed E-state index contributed by atoms with van der Waals surface area (Å²) < 4.78 is 5.44. The number of benzene rings is 1. The molecule has 0 unspecified atom stereocenters. The minimum absolute atomic E-state index is 0.00519. The molecule has 130 valence electrons. The number of amides is 2. The van der Waals surface area contributed by atoms with Gasteiger partial charge in [-0.05, 0) is 43.9 Å². The molecular weight excluding hydrogens is 304 g/mol. The second kappa shape index (κ2) is 6.83. The highest BCUT2D eigenvalue weighted by atomic mass is 16.5. The third kappa shape index (κ3) is 3.12. The van der Waals surface area contributed by atoms with E-state index in [4.69, 9.17) is 4.74 Å². The third-order valence-electron chi connectivity index (χ3n) is 5.19. The van der Waals surface area contributed by atoms with Crippen LogP contribution in [0.25, 0.3) is 0 Å². The minimum atomic E-state index is -0.00519. The maximum Gasteiger partial charge on any atom is 0.257 e. The summed E-state index contributed by atoms with van der Waals surface area (Å²) in [6.07, 6.45) is 3.22. The van der Waals surface area contributed by atoms with E-state index in [0.29, 0.717) is 37.5 Å². The summed E-state index contributed by atoms with van der Waals surface area (Å²) in [5.74, 6) is 1.15. The third-order valence-corrected chi connectivity index (χ3v) is 5.19. The average molecular weight is 330 g/mol. The zero-order chi connectivity index (χ0) is 17.3. The van der Waals surface area contributed by atoms with Gasteiger partial charge in [-0.3, -0.25) is 9.59 Å². The Bertz CT molecular complexity index is 644. The molecule has 2 aliphatic rings. The van der Waals surface area contributed by atoms with Gasteiger partial charge in [0.15, 0.2) is 0 Å². The molecule has 1 aromatic rings. The minimum Gasteiger partial charge on any atom is -0.496 e. The van der Waals surface area contributed by atoms with Crippen LogP contribution in [-0.2, 0) is 4.79 Å². The molecule has 1 aromatic carbocycles. The molecule has 5 heteroatoms. The van der Waals surface area contributed by atoms with Crippen molar-refractivity contribution in [3.05, 3.63) is 28.8 Å². The molecule has 3 rings (SSSR count). The van der Waals surface area contributed by atoms with Crippen LogP contribution in [-0.4, -0.2) is 54.9 Å². The van der Waals surface area contributed by atoms with Crippen LogP contribution in [0.3, 0.4) is 0 Å². The maximum atomic E-state index is 12.9. The van der Waals surface area contributed by atoms with Crippen molar-refractivity contribution in [2.24, 2.45) is 5.92 Å². The maximum absolute atomic E-state index is 12.9. The number of hydrogen-bond donors (Lipinski definition) is 0. The number of rotatable bonds is 3. The fourth-order valence-electron chi connectivity index (χ4n) is 3.60. The first kappa shape index (κ1) is 16.8. The van der Waals surface area contributed by atoms with E-state index in [1.165, 1.54) is 6.42 Å². The predicted molar refractivity (Wildman–Crippen MR) is 92.3 cm³/mol. The Hall–Kier alpha value is -2.04. The number of nitrogens with zero attached hydrogens (tertiary/aromatic N) is 2. The van der Waals surface area contributed by atoms with E-state index in [1.807, 2.05) is 35.8 Å². The Kier molecular flexibility index (Phi) is 4.78. The summed E-state index contributed by atoms with van der Waals surface area (Å²) in [7, 11) is 1.60. The number of piperazine rings is 1. The molecule has 1 heterocycles. The number of methoxy groups -OCH3 is 1. The molecule has 5 nitrogen and oxygen atoms in total. The lowest BCUT2D eigenvalue weighted by atomic mass is 9.84. The number of aryl methyl sites for hydroxylation is 2. The quantitative estimate of drug-likeness (QED) is 0.855. The molecule has 1 aliphatic heterocycles. The van der Waals surface area contributed by atoms with Crippen LogP contribution in [0.1, 0.15) is 40.7 Å². The zero-order valence-electron chi connectivity index (χ0n) is 14.8. The molecule has 0 N–H and O–H groups in total. The average Bonchev–Trinajstić information content (AvgIpc) is 2.52. The van der Waals surface area contributed by atoms with Gasteiger partial charge in [-0.15, -0.1) is 0 Å². The molecule has 0 atom stereocenters. The van der Waals surface area contributed by atoms with Gasteiger partial charge in [0.05, 0.1) is 12.7 Å².